The number of fused-ring (bicyclic) bond motifs is 1. The van der Waals surface area contributed by atoms with Crippen LogP contribution < -0.4 is 5.32 Å². The Morgan fingerprint density at radius 2 is 1.90 bits per heavy atom. The number of benzene rings is 1. The molecule has 160 valence electrons. The summed E-state index contributed by atoms with van der Waals surface area (Å²) in [6, 6.07) is 12.1. The van der Waals surface area contributed by atoms with Crippen molar-refractivity contribution < 1.29 is 9.59 Å². The van der Waals surface area contributed by atoms with Crippen molar-refractivity contribution in [3.05, 3.63) is 80.9 Å². The molecule has 4 rings (SSSR count). The Balaban J connectivity index is 1.57. The molecule has 3 N–H and O–H groups in total. The maximum Gasteiger partial charge on any atom is 0.195 e. The van der Waals surface area contributed by atoms with Gasteiger partial charge >= 0.3 is 0 Å². The fourth-order valence-electron chi connectivity index (χ4n) is 4.36. The van der Waals surface area contributed by atoms with Gasteiger partial charge in [0.1, 0.15) is 0 Å². The summed E-state index contributed by atoms with van der Waals surface area (Å²) in [7, 11) is 0. The van der Waals surface area contributed by atoms with E-state index in [0.717, 1.165) is 16.8 Å². The predicted molar refractivity (Wildman–Crippen MR) is 127 cm³/mol. The number of nitrogens with one attached hydrogen (secondary N) is 3. The van der Waals surface area contributed by atoms with Gasteiger partial charge in [-0.2, -0.15) is 0 Å². The third-order valence-electron chi connectivity index (χ3n) is 5.94. The highest BCUT2D eigenvalue weighted by atomic mass is 32.1. The van der Waals surface area contributed by atoms with Crippen molar-refractivity contribution in [1.29, 1.82) is 0 Å². The molecule has 0 aliphatic rings. The molecule has 0 unspecified atom stereocenters. The molecule has 1 aromatic carbocycles. The minimum absolute atomic E-state index is 0.0250. The fourth-order valence-corrected chi connectivity index (χ4v) is 5.21. The Morgan fingerprint density at radius 3 is 2.58 bits per heavy atom. The number of carbonyl (C=O) groups excluding carboxylic acids is 2. The fraction of sp³-hybridized carbons (Fsp3) is 0.280. The molecular formula is C25H27N3O2S. The van der Waals surface area contributed by atoms with Gasteiger partial charge in [0.05, 0.1) is 11.7 Å². The number of aryl methyl sites for hydroxylation is 1. The molecule has 0 saturated heterocycles. The van der Waals surface area contributed by atoms with Crippen LogP contribution in [0, 0.1) is 13.8 Å². The van der Waals surface area contributed by atoms with Crippen LogP contribution in [0.15, 0.2) is 48.0 Å². The highest BCUT2D eigenvalue weighted by Gasteiger charge is 2.25. The average molecular weight is 434 g/mol. The monoisotopic (exact) mass is 433 g/mol. The van der Waals surface area contributed by atoms with Crippen molar-refractivity contribution in [2.45, 2.75) is 39.7 Å². The molecule has 0 bridgehead atoms. The first-order valence-electron chi connectivity index (χ1n) is 10.5. The first-order chi connectivity index (χ1) is 14.9. The van der Waals surface area contributed by atoms with Gasteiger partial charge in [0.2, 0.25) is 0 Å². The predicted octanol–water partition coefficient (Wildman–Crippen LogP) is 5.37. The van der Waals surface area contributed by atoms with Crippen LogP contribution in [-0.2, 0) is 0 Å². The Bertz CT molecular complexity index is 1230. The number of Topliss-reactive ketones (excluding diaryl/α,β-unsaturated/α-hetero) is 2. The highest BCUT2D eigenvalue weighted by Crippen LogP contribution is 2.33. The first kappa shape index (κ1) is 21.3. The SMILES string of the molecule is CC(=O)c1c(C)[nH]c(C(=O)[C@@H](C)NC[C@H](c2cccs2)c2c[nH]c3ccccc23)c1C. The molecule has 0 radical (unpaired) electrons. The number of rotatable bonds is 8. The molecule has 5 nitrogen and oxygen atoms in total. The molecule has 4 aromatic rings. The van der Waals surface area contributed by atoms with Gasteiger partial charge < -0.3 is 15.3 Å². The van der Waals surface area contributed by atoms with E-state index >= 15 is 0 Å². The van der Waals surface area contributed by atoms with Crippen LogP contribution in [0.5, 0.6) is 0 Å². The van der Waals surface area contributed by atoms with E-state index in [-0.39, 0.29) is 23.5 Å². The zero-order chi connectivity index (χ0) is 22.1. The lowest BCUT2D eigenvalue weighted by atomic mass is 9.96. The third-order valence-corrected chi connectivity index (χ3v) is 6.93. The van der Waals surface area contributed by atoms with E-state index < -0.39 is 0 Å². The molecule has 0 saturated carbocycles. The number of ketones is 2. The molecule has 0 spiro atoms. The molecule has 0 aliphatic heterocycles. The van der Waals surface area contributed by atoms with Crippen LogP contribution in [-0.4, -0.2) is 34.1 Å². The van der Waals surface area contributed by atoms with Crippen LogP contribution in [0.2, 0.25) is 0 Å². The van der Waals surface area contributed by atoms with E-state index in [1.807, 2.05) is 32.9 Å². The minimum Gasteiger partial charge on any atom is -0.361 e. The number of hydrogen-bond acceptors (Lipinski definition) is 4. The lowest BCUT2D eigenvalue weighted by Gasteiger charge is -2.19. The highest BCUT2D eigenvalue weighted by molar-refractivity contribution is 7.10. The number of para-hydroxylation sites is 1. The van der Waals surface area contributed by atoms with Crippen LogP contribution in [0.4, 0.5) is 0 Å². The zero-order valence-electron chi connectivity index (χ0n) is 18.2. The van der Waals surface area contributed by atoms with E-state index in [1.54, 1.807) is 11.3 Å². The van der Waals surface area contributed by atoms with Crippen molar-refractivity contribution in [2.75, 3.05) is 6.54 Å². The van der Waals surface area contributed by atoms with E-state index in [2.05, 4.69) is 51.1 Å². The first-order valence-corrected chi connectivity index (χ1v) is 11.3. The van der Waals surface area contributed by atoms with Gasteiger partial charge in [-0.25, -0.2) is 0 Å². The third kappa shape index (κ3) is 4.01. The second-order valence-corrected chi connectivity index (χ2v) is 9.01. The Hall–Kier alpha value is -2.96. The average Bonchev–Trinajstić information content (AvgIpc) is 3.47. The maximum absolute atomic E-state index is 13.1. The summed E-state index contributed by atoms with van der Waals surface area (Å²) in [4.78, 5) is 32.8. The summed E-state index contributed by atoms with van der Waals surface area (Å²) in [5.74, 6) is 0.0746. The van der Waals surface area contributed by atoms with E-state index in [0.29, 0.717) is 17.8 Å². The van der Waals surface area contributed by atoms with Crippen LogP contribution >= 0.6 is 11.3 Å². The lowest BCUT2D eigenvalue weighted by molar-refractivity contribution is 0.0945. The van der Waals surface area contributed by atoms with Gasteiger partial charge in [0.25, 0.3) is 0 Å². The van der Waals surface area contributed by atoms with E-state index in [9.17, 15) is 9.59 Å². The minimum atomic E-state index is -0.385. The number of thiophene rings is 1. The second-order valence-electron chi connectivity index (χ2n) is 8.03. The quantitative estimate of drug-likeness (QED) is 0.327. The number of aromatic nitrogens is 2. The number of hydrogen-bond donors (Lipinski definition) is 3. The second kappa shape index (κ2) is 8.65. The topological polar surface area (TPSA) is 77.8 Å². The molecule has 0 amide bonds. The van der Waals surface area contributed by atoms with E-state index in [1.165, 1.54) is 22.8 Å². The Morgan fingerprint density at radius 1 is 1.13 bits per heavy atom. The van der Waals surface area contributed by atoms with Gasteiger partial charge in [-0.3, -0.25) is 9.59 Å². The molecule has 3 aromatic heterocycles. The number of aromatic amines is 2. The van der Waals surface area contributed by atoms with Crippen LogP contribution in [0.25, 0.3) is 10.9 Å². The van der Waals surface area contributed by atoms with Gasteiger partial charge in [0.15, 0.2) is 11.6 Å². The molecule has 31 heavy (non-hydrogen) atoms. The number of H-pyrrole nitrogens is 2. The van der Waals surface area contributed by atoms with Gasteiger partial charge in [-0.15, -0.1) is 11.3 Å². The van der Waals surface area contributed by atoms with Gasteiger partial charge in [-0.1, -0.05) is 24.3 Å². The molecule has 0 fully saturated rings. The largest absolute Gasteiger partial charge is 0.361 e. The summed E-state index contributed by atoms with van der Waals surface area (Å²) in [6.45, 7) is 7.72. The van der Waals surface area contributed by atoms with Crippen LogP contribution in [0.1, 0.15) is 62.3 Å². The molecule has 6 heteroatoms. The molecule has 0 aliphatic carbocycles. The van der Waals surface area contributed by atoms with Crippen molar-refractivity contribution in [3.8, 4) is 0 Å². The van der Waals surface area contributed by atoms with Crippen molar-refractivity contribution in [3.63, 3.8) is 0 Å². The standard InChI is InChI=1S/C25H27N3O2S/c1-14-23(17(4)29)15(2)28-24(14)25(30)16(3)26-13-20(22-10-7-11-31-22)19-12-27-21-9-6-5-8-18(19)21/h5-12,16,20,26-28H,13H2,1-4H3/t16-,20+/m1/s1. The van der Waals surface area contributed by atoms with Gasteiger partial charge in [0, 0.05) is 45.7 Å². The van der Waals surface area contributed by atoms with Crippen molar-refractivity contribution >= 4 is 33.8 Å². The maximum atomic E-state index is 13.1. The molecular weight excluding hydrogens is 406 g/mol. The summed E-state index contributed by atoms with van der Waals surface area (Å²) < 4.78 is 0. The summed E-state index contributed by atoms with van der Waals surface area (Å²) in [6.07, 6.45) is 2.07. The molecule has 2 atom stereocenters. The lowest BCUT2D eigenvalue weighted by Crippen LogP contribution is -2.37. The van der Waals surface area contributed by atoms with Gasteiger partial charge in [-0.05, 0) is 56.3 Å². The van der Waals surface area contributed by atoms with Crippen molar-refractivity contribution in [2.24, 2.45) is 0 Å². The smallest absolute Gasteiger partial charge is 0.195 e. The van der Waals surface area contributed by atoms with Crippen LogP contribution in [0.3, 0.4) is 0 Å². The summed E-state index contributed by atoms with van der Waals surface area (Å²) in [5.41, 5.74) is 4.94. The van der Waals surface area contributed by atoms with E-state index in [4.69, 9.17) is 0 Å². The summed E-state index contributed by atoms with van der Waals surface area (Å²) >= 11 is 1.72. The zero-order valence-corrected chi connectivity index (χ0v) is 19.0. The number of carbonyl (C=O) groups is 2. The summed E-state index contributed by atoms with van der Waals surface area (Å²) in [5, 5.41) is 6.73. The van der Waals surface area contributed by atoms with Crippen molar-refractivity contribution in [1.82, 2.24) is 15.3 Å². The Kier molecular flexibility index (Phi) is 5.94. The Labute approximate surface area is 185 Å². The normalized spacial score (nSPS) is 13.4. The molecule has 3 heterocycles.